The first-order chi connectivity index (χ1) is 9.56. The number of pyridine rings is 1. The Morgan fingerprint density at radius 2 is 1.75 bits per heavy atom. The molecule has 0 aliphatic carbocycles. The first kappa shape index (κ1) is 14.9. The average molecular weight is 289 g/mol. The molecule has 0 amide bonds. The van der Waals surface area contributed by atoms with Gasteiger partial charge in [-0.2, -0.15) is 0 Å². The summed E-state index contributed by atoms with van der Waals surface area (Å²) in [6, 6.07) is 10.7. The van der Waals surface area contributed by atoms with Crippen LogP contribution >= 0.6 is 11.6 Å². The SMILES string of the molecule is Cc1ccnc(Cl)c1NCc1ccc(CC(C)C)cc1. The summed E-state index contributed by atoms with van der Waals surface area (Å²) in [7, 11) is 0. The molecule has 0 saturated heterocycles. The van der Waals surface area contributed by atoms with Crippen molar-refractivity contribution in [1.29, 1.82) is 0 Å². The number of rotatable bonds is 5. The van der Waals surface area contributed by atoms with Crippen molar-refractivity contribution in [3.05, 3.63) is 58.4 Å². The Bertz CT molecular complexity index is 541. The molecule has 0 aliphatic heterocycles. The fourth-order valence-corrected chi connectivity index (χ4v) is 2.46. The topological polar surface area (TPSA) is 24.9 Å². The molecule has 0 aliphatic rings. The van der Waals surface area contributed by atoms with E-state index < -0.39 is 0 Å². The number of aromatic nitrogens is 1. The van der Waals surface area contributed by atoms with E-state index in [1.165, 1.54) is 11.1 Å². The fourth-order valence-electron chi connectivity index (χ4n) is 2.19. The number of halogens is 1. The molecule has 0 atom stereocenters. The van der Waals surface area contributed by atoms with E-state index >= 15 is 0 Å². The van der Waals surface area contributed by atoms with E-state index in [2.05, 4.69) is 48.4 Å². The first-order valence-electron chi connectivity index (χ1n) is 6.99. The lowest BCUT2D eigenvalue weighted by atomic mass is 10.0. The molecule has 106 valence electrons. The summed E-state index contributed by atoms with van der Waals surface area (Å²) in [5.74, 6) is 0.691. The Balaban J connectivity index is 2.00. The Morgan fingerprint density at radius 1 is 1.10 bits per heavy atom. The third-order valence-electron chi connectivity index (χ3n) is 3.25. The standard InChI is InChI=1S/C17H21ClN2/c1-12(2)10-14-4-6-15(7-5-14)11-20-16-13(3)8-9-19-17(16)18/h4-9,12,20H,10-11H2,1-3H3. The molecule has 1 aromatic heterocycles. The largest absolute Gasteiger partial charge is 0.378 e. The number of benzene rings is 1. The van der Waals surface area contributed by atoms with Crippen LogP contribution in [-0.2, 0) is 13.0 Å². The highest BCUT2D eigenvalue weighted by Crippen LogP contribution is 2.23. The van der Waals surface area contributed by atoms with Crippen LogP contribution in [0.5, 0.6) is 0 Å². The molecule has 2 rings (SSSR count). The monoisotopic (exact) mass is 288 g/mol. The van der Waals surface area contributed by atoms with Crippen molar-refractivity contribution in [3.8, 4) is 0 Å². The lowest BCUT2D eigenvalue weighted by molar-refractivity contribution is 0.647. The molecule has 1 N–H and O–H groups in total. The zero-order valence-electron chi connectivity index (χ0n) is 12.3. The molecule has 0 unspecified atom stereocenters. The van der Waals surface area contributed by atoms with Gasteiger partial charge in [0.05, 0.1) is 5.69 Å². The van der Waals surface area contributed by atoms with E-state index in [1.54, 1.807) is 6.20 Å². The van der Waals surface area contributed by atoms with Crippen LogP contribution in [0.4, 0.5) is 5.69 Å². The van der Waals surface area contributed by atoms with Crippen molar-refractivity contribution in [2.24, 2.45) is 5.92 Å². The van der Waals surface area contributed by atoms with Gasteiger partial charge in [-0.25, -0.2) is 4.98 Å². The molecule has 3 heteroatoms. The van der Waals surface area contributed by atoms with Gasteiger partial charge >= 0.3 is 0 Å². The van der Waals surface area contributed by atoms with Gasteiger partial charge in [-0.15, -0.1) is 0 Å². The zero-order valence-corrected chi connectivity index (χ0v) is 13.0. The maximum Gasteiger partial charge on any atom is 0.152 e. The summed E-state index contributed by atoms with van der Waals surface area (Å²) in [6.45, 7) is 7.27. The van der Waals surface area contributed by atoms with Gasteiger partial charge in [-0.1, -0.05) is 49.7 Å². The normalized spacial score (nSPS) is 10.8. The van der Waals surface area contributed by atoms with E-state index in [0.29, 0.717) is 11.1 Å². The Kier molecular flexibility index (Phi) is 5.02. The highest BCUT2D eigenvalue weighted by Gasteiger charge is 2.04. The Labute approximate surface area is 126 Å². The van der Waals surface area contributed by atoms with Crippen LogP contribution < -0.4 is 5.32 Å². The minimum atomic E-state index is 0.529. The van der Waals surface area contributed by atoms with Gasteiger partial charge in [-0.3, -0.25) is 0 Å². The predicted molar refractivity (Wildman–Crippen MR) is 86.3 cm³/mol. The molecule has 0 fully saturated rings. The average Bonchev–Trinajstić information content (AvgIpc) is 2.39. The maximum absolute atomic E-state index is 6.10. The molecular formula is C17H21ClN2. The van der Waals surface area contributed by atoms with Gasteiger partial charge in [0.2, 0.25) is 0 Å². The van der Waals surface area contributed by atoms with Crippen LogP contribution in [0, 0.1) is 12.8 Å². The summed E-state index contributed by atoms with van der Waals surface area (Å²) in [6.07, 6.45) is 2.85. The molecule has 0 radical (unpaired) electrons. The van der Waals surface area contributed by atoms with Crippen LogP contribution in [0.3, 0.4) is 0 Å². The molecule has 0 saturated carbocycles. The van der Waals surface area contributed by atoms with Crippen LogP contribution in [0.2, 0.25) is 5.15 Å². The summed E-state index contributed by atoms with van der Waals surface area (Å²) in [5, 5.41) is 3.89. The summed E-state index contributed by atoms with van der Waals surface area (Å²) < 4.78 is 0. The summed E-state index contributed by atoms with van der Waals surface area (Å²) in [5.41, 5.74) is 4.66. The fraction of sp³-hybridized carbons (Fsp3) is 0.353. The molecule has 2 nitrogen and oxygen atoms in total. The third-order valence-corrected chi connectivity index (χ3v) is 3.54. The molecule has 2 aromatic rings. The maximum atomic E-state index is 6.10. The van der Waals surface area contributed by atoms with Crippen molar-refractivity contribution in [1.82, 2.24) is 4.98 Å². The van der Waals surface area contributed by atoms with Gasteiger partial charge in [0, 0.05) is 12.7 Å². The quantitative estimate of drug-likeness (QED) is 0.795. The first-order valence-corrected chi connectivity index (χ1v) is 7.37. The van der Waals surface area contributed by atoms with E-state index in [9.17, 15) is 0 Å². The van der Waals surface area contributed by atoms with Crippen LogP contribution in [-0.4, -0.2) is 4.98 Å². The smallest absolute Gasteiger partial charge is 0.152 e. The van der Waals surface area contributed by atoms with Gasteiger partial charge in [0.15, 0.2) is 5.15 Å². The number of aryl methyl sites for hydroxylation is 1. The number of nitrogens with one attached hydrogen (secondary N) is 1. The lowest BCUT2D eigenvalue weighted by Gasteiger charge is -2.11. The van der Waals surface area contributed by atoms with Gasteiger partial charge in [-0.05, 0) is 42.0 Å². The summed E-state index contributed by atoms with van der Waals surface area (Å²) >= 11 is 6.10. The van der Waals surface area contributed by atoms with Crippen LogP contribution in [0.25, 0.3) is 0 Å². The van der Waals surface area contributed by atoms with E-state index in [-0.39, 0.29) is 0 Å². The molecular weight excluding hydrogens is 268 g/mol. The minimum absolute atomic E-state index is 0.529. The van der Waals surface area contributed by atoms with Gasteiger partial charge < -0.3 is 5.32 Å². The number of anilines is 1. The zero-order chi connectivity index (χ0) is 14.5. The van der Waals surface area contributed by atoms with Crippen molar-refractivity contribution in [2.75, 3.05) is 5.32 Å². The second kappa shape index (κ2) is 6.76. The van der Waals surface area contributed by atoms with Crippen molar-refractivity contribution in [3.63, 3.8) is 0 Å². The van der Waals surface area contributed by atoms with E-state index in [1.807, 2.05) is 13.0 Å². The molecule has 20 heavy (non-hydrogen) atoms. The summed E-state index contributed by atoms with van der Waals surface area (Å²) in [4.78, 5) is 4.10. The number of hydrogen-bond acceptors (Lipinski definition) is 2. The van der Waals surface area contributed by atoms with Gasteiger partial charge in [0.25, 0.3) is 0 Å². The molecule has 0 bridgehead atoms. The second-order valence-electron chi connectivity index (χ2n) is 5.56. The number of hydrogen-bond donors (Lipinski definition) is 1. The molecule has 0 spiro atoms. The van der Waals surface area contributed by atoms with Crippen molar-refractivity contribution >= 4 is 17.3 Å². The Hall–Kier alpha value is -1.54. The van der Waals surface area contributed by atoms with E-state index in [0.717, 1.165) is 24.2 Å². The van der Waals surface area contributed by atoms with E-state index in [4.69, 9.17) is 11.6 Å². The van der Waals surface area contributed by atoms with Gasteiger partial charge in [0.1, 0.15) is 0 Å². The minimum Gasteiger partial charge on any atom is -0.378 e. The van der Waals surface area contributed by atoms with Crippen LogP contribution in [0.1, 0.15) is 30.5 Å². The third kappa shape index (κ3) is 3.97. The number of nitrogens with zero attached hydrogens (tertiary/aromatic N) is 1. The Morgan fingerprint density at radius 3 is 2.35 bits per heavy atom. The highest BCUT2D eigenvalue weighted by molar-refractivity contribution is 6.32. The van der Waals surface area contributed by atoms with Crippen LogP contribution in [0.15, 0.2) is 36.5 Å². The molecule has 1 aromatic carbocycles. The second-order valence-corrected chi connectivity index (χ2v) is 5.92. The van der Waals surface area contributed by atoms with Crippen molar-refractivity contribution < 1.29 is 0 Å². The lowest BCUT2D eigenvalue weighted by Crippen LogP contribution is -2.03. The van der Waals surface area contributed by atoms with Crippen molar-refractivity contribution in [2.45, 2.75) is 33.7 Å². The highest BCUT2D eigenvalue weighted by atomic mass is 35.5. The predicted octanol–water partition coefficient (Wildman–Crippen LogP) is 4.85. The molecule has 1 heterocycles.